The van der Waals surface area contributed by atoms with Gasteiger partial charge in [0, 0.05) is 23.0 Å². The zero-order chi connectivity index (χ0) is 20.4. The van der Waals surface area contributed by atoms with Crippen LogP contribution in [0.1, 0.15) is 5.56 Å². The lowest BCUT2D eigenvalue weighted by molar-refractivity contribution is -0.110. The Kier molecular flexibility index (Phi) is 3.54. The zero-order valence-electron chi connectivity index (χ0n) is 15.3. The van der Waals surface area contributed by atoms with Gasteiger partial charge in [-0.05, 0) is 30.3 Å². The van der Waals surface area contributed by atoms with Gasteiger partial charge in [0.2, 0.25) is 6.79 Å². The maximum absolute atomic E-state index is 13.8. The molecule has 0 aliphatic carbocycles. The topological polar surface area (TPSA) is 85.2 Å². The molecule has 1 N–H and O–H groups in total. The molecular weight excluding hydrogens is 411 g/mol. The first-order valence-electron chi connectivity index (χ1n) is 9.13. The van der Waals surface area contributed by atoms with Crippen molar-refractivity contribution in [1.82, 2.24) is 4.57 Å². The summed E-state index contributed by atoms with van der Waals surface area (Å²) in [4.78, 5) is 32.6. The Morgan fingerprint density at radius 2 is 1.97 bits per heavy atom. The number of rotatable bonds is 1. The van der Waals surface area contributed by atoms with Crippen molar-refractivity contribution >= 4 is 34.2 Å². The van der Waals surface area contributed by atoms with Gasteiger partial charge >= 0.3 is 0 Å². The molecule has 3 aromatic rings. The van der Waals surface area contributed by atoms with Gasteiger partial charge in [-0.25, -0.2) is 9.38 Å². The highest BCUT2D eigenvalue weighted by atomic mass is 32.1. The predicted octanol–water partition coefficient (Wildman–Crippen LogP) is 0.983. The molecule has 150 valence electrons. The molecule has 0 atom stereocenters. The lowest BCUT2D eigenvalue weighted by Crippen LogP contribution is -2.43. The van der Waals surface area contributed by atoms with Crippen LogP contribution in [0.25, 0.3) is 5.57 Å². The Bertz CT molecular complexity index is 1430. The second-order valence-electron chi connectivity index (χ2n) is 6.98. The number of amides is 1. The van der Waals surface area contributed by atoms with E-state index in [0.29, 0.717) is 34.2 Å². The highest BCUT2D eigenvalue weighted by Gasteiger charge is 2.28. The van der Waals surface area contributed by atoms with E-state index in [0.717, 1.165) is 17.0 Å². The van der Waals surface area contributed by atoms with Crippen molar-refractivity contribution in [1.29, 1.82) is 0 Å². The van der Waals surface area contributed by atoms with Crippen molar-refractivity contribution in [2.24, 2.45) is 4.99 Å². The molecule has 10 heteroatoms. The minimum absolute atomic E-state index is 0.184. The van der Waals surface area contributed by atoms with E-state index in [-0.39, 0.29) is 29.1 Å². The number of benzene rings is 2. The van der Waals surface area contributed by atoms with Crippen molar-refractivity contribution in [3.63, 3.8) is 0 Å². The van der Waals surface area contributed by atoms with Gasteiger partial charge in [0.15, 0.2) is 16.3 Å². The number of ether oxygens (including phenoxy) is 2. The fraction of sp³-hybridized carbons (Fsp3) is 0.150. The Hall–Kier alpha value is -3.66. The van der Waals surface area contributed by atoms with E-state index in [1.807, 2.05) is 23.1 Å². The Morgan fingerprint density at radius 1 is 1.10 bits per heavy atom. The summed E-state index contributed by atoms with van der Waals surface area (Å²) >= 11 is 1.14. The van der Waals surface area contributed by atoms with Crippen molar-refractivity contribution in [2.45, 2.75) is 6.67 Å². The normalized spacial score (nSPS) is 18.0. The lowest BCUT2D eigenvalue weighted by Gasteiger charge is -2.25. The number of nitrogens with one attached hydrogen (secondary N) is 1. The number of anilines is 2. The maximum Gasteiger partial charge on any atom is 0.272 e. The average molecular weight is 424 g/mol. The summed E-state index contributed by atoms with van der Waals surface area (Å²) in [5.74, 6) is 0.439. The second kappa shape index (κ2) is 6.17. The number of carbonyl (C=O) groups excluding carboxylic acids is 1. The van der Waals surface area contributed by atoms with Gasteiger partial charge in [-0.3, -0.25) is 14.2 Å². The Morgan fingerprint density at radius 3 is 2.87 bits per heavy atom. The molecule has 4 heterocycles. The number of nitrogens with zero attached hydrogens (tertiary/aromatic N) is 3. The number of fused-ring (bicyclic) bond motifs is 3. The van der Waals surface area contributed by atoms with E-state index >= 15 is 0 Å². The molecule has 0 radical (unpaired) electrons. The number of halogens is 1. The molecule has 0 spiro atoms. The van der Waals surface area contributed by atoms with Gasteiger partial charge < -0.3 is 19.7 Å². The van der Waals surface area contributed by atoms with Crippen molar-refractivity contribution in [3.05, 3.63) is 67.5 Å². The number of hydrogen-bond acceptors (Lipinski definition) is 7. The van der Waals surface area contributed by atoms with Crippen LogP contribution in [0.15, 0.2) is 46.2 Å². The third-order valence-corrected chi connectivity index (χ3v) is 6.34. The summed E-state index contributed by atoms with van der Waals surface area (Å²) in [5.41, 5.74) is 1.58. The minimum Gasteiger partial charge on any atom is -0.454 e. The fourth-order valence-electron chi connectivity index (χ4n) is 3.77. The van der Waals surface area contributed by atoms with Gasteiger partial charge in [0.1, 0.15) is 23.7 Å². The molecule has 0 fully saturated rings. The molecule has 6 rings (SSSR count). The summed E-state index contributed by atoms with van der Waals surface area (Å²) in [6, 6.07) is 9.57. The molecule has 0 saturated heterocycles. The Labute approximate surface area is 172 Å². The van der Waals surface area contributed by atoms with Crippen molar-refractivity contribution in [2.75, 3.05) is 23.7 Å². The van der Waals surface area contributed by atoms with E-state index in [9.17, 15) is 14.0 Å². The molecule has 8 nitrogen and oxygen atoms in total. The largest absolute Gasteiger partial charge is 0.454 e. The number of hydrogen-bond donors (Lipinski definition) is 1. The van der Waals surface area contributed by atoms with E-state index in [1.165, 1.54) is 22.8 Å². The molecule has 3 aliphatic heterocycles. The molecule has 30 heavy (non-hydrogen) atoms. The molecule has 3 aliphatic rings. The van der Waals surface area contributed by atoms with Crippen LogP contribution >= 0.6 is 11.3 Å². The van der Waals surface area contributed by atoms with Gasteiger partial charge in [-0.1, -0.05) is 11.3 Å². The summed E-state index contributed by atoms with van der Waals surface area (Å²) in [6.45, 7) is 0.813. The van der Waals surface area contributed by atoms with Crippen LogP contribution in [-0.4, -0.2) is 23.9 Å². The second-order valence-corrected chi connectivity index (χ2v) is 7.96. The summed E-state index contributed by atoms with van der Waals surface area (Å²) in [6.07, 6.45) is 0. The van der Waals surface area contributed by atoms with Crippen LogP contribution in [0.4, 0.5) is 15.8 Å². The van der Waals surface area contributed by atoms with Gasteiger partial charge in [0.25, 0.3) is 11.5 Å². The highest BCUT2D eigenvalue weighted by molar-refractivity contribution is 7.07. The standard InChI is InChI=1S/C20H13FN4O4S/c21-10-1-3-13-12(5-10)16(18(26)23-13)17-19(27)25-8-24(7-22-20(25)30-17)11-2-4-14-15(6-11)29-9-28-14/h1-6H,7-9H2,(H,23,26)/b17-16-. The average Bonchev–Trinajstić information content (AvgIpc) is 3.42. The zero-order valence-corrected chi connectivity index (χ0v) is 16.2. The van der Waals surface area contributed by atoms with Crippen molar-refractivity contribution < 1.29 is 18.7 Å². The molecule has 1 aromatic heterocycles. The molecule has 1 amide bonds. The lowest BCUT2D eigenvalue weighted by atomic mass is 10.1. The van der Waals surface area contributed by atoms with Crippen LogP contribution in [0.3, 0.4) is 0 Å². The first kappa shape index (κ1) is 17.2. The Balaban J connectivity index is 1.45. The fourth-order valence-corrected chi connectivity index (χ4v) is 4.83. The van der Waals surface area contributed by atoms with Crippen LogP contribution in [0.5, 0.6) is 11.5 Å². The van der Waals surface area contributed by atoms with Crippen LogP contribution in [-0.2, 0) is 11.5 Å². The third-order valence-electron chi connectivity index (χ3n) is 5.23. The summed E-state index contributed by atoms with van der Waals surface area (Å²) < 4.78 is 26.3. The SMILES string of the molecule is O=C1Nc2ccc(F)cc2/C1=c1/sc2n(c1=O)CN(c1ccc3c(c1)OCO3)CN=2. The van der Waals surface area contributed by atoms with E-state index < -0.39 is 11.7 Å². The number of carbonyl (C=O) groups is 1. The minimum atomic E-state index is -0.470. The molecule has 0 bridgehead atoms. The maximum atomic E-state index is 13.8. The van der Waals surface area contributed by atoms with Crippen LogP contribution < -0.4 is 34.6 Å². The first-order valence-corrected chi connectivity index (χ1v) is 9.94. The monoisotopic (exact) mass is 424 g/mol. The summed E-state index contributed by atoms with van der Waals surface area (Å²) in [7, 11) is 0. The van der Waals surface area contributed by atoms with Gasteiger partial charge in [-0.15, -0.1) is 0 Å². The quantitative estimate of drug-likeness (QED) is 0.630. The molecule has 0 saturated carbocycles. The van der Waals surface area contributed by atoms with E-state index in [1.54, 1.807) is 0 Å². The van der Waals surface area contributed by atoms with Gasteiger partial charge in [-0.2, -0.15) is 0 Å². The first-order chi connectivity index (χ1) is 14.6. The predicted molar refractivity (Wildman–Crippen MR) is 107 cm³/mol. The van der Waals surface area contributed by atoms with Crippen molar-refractivity contribution in [3.8, 4) is 11.5 Å². The van der Waals surface area contributed by atoms with E-state index in [2.05, 4.69) is 10.3 Å². The smallest absolute Gasteiger partial charge is 0.272 e. The summed E-state index contributed by atoms with van der Waals surface area (Å²) in [5, 5.41) is 2.69. The highest BCUT2D eigenvalue weighted by Crippen LogP contribution is 2.35. The van der Waals surface area contributed by atoms with E-state index in [4.69, 9.17) is 9.47 Å². The number of thiazole rings is 1. The molecular formula is C20H13FN4O4S. The third kappa shape index (κ3) is 2.47. The van der Waals surface area contributed by atoms with Crippen LogP contribution in [0.2, 0.25) is 0 Å². The van der Waals surface area contributed by atoms with Gasteiger partial charge in [0.05, 0.1) is 5.57 Å². The number of aromatic nitrogens is 1. The van der Waals surface area contributed by atoms with Crippen LogP contribution in [0, 0.1) is 5.82 Å². The molecule has 2 aromatic carbocycles. The molecule has 0 unspecified atom stereocenters.